The molecule has 2 aromatic rings. The van der Waals surface area contributed by atoms with E-state index >= 15 is 0 Å². The number of aryl methyl sites for hydroxylation is 3. The lowest BCUT2D eigenvalue weighted by atomic mass is 9.78. The molecule has 0 unspecified atom stereocenters. The van der Waals surface area contributed by atoms with Gasteiger partial charge in [0.15, 0.2) is 0 Å². The number of hydrogen-bond acceptors (Lipinski definition) is 1. The Hall–Kier alpha value is -1.76. The third-order valence-electron chi connectivity index (χ3n) is 5.07. The predicted molar refractivity (Wildman–Crippen MR) is 109 cm³/mol. The van der Waals surface area contributed by atoms with Crippen LogP contribution in [-0.4, -0.2) is 5.11 Å². The van der Waals surface area contributed by atoms with E-state index in [1.807, 2.05) is 0 Å². The zero-order chi connectivity index (χ0) is 19.2. The number of hydrogen-bond donors (Lipinski definition) is 1. The fraction of sp³-hybridized carbons (Fsp3) is 0.500. The van der Waals surface area contributed by atoms with Gasteiger partial charge in [0.2, 0.25) is 0 Å². The van der Waals surface area contributed by atoms with Gasteiger partial charge in [-0.25, -0.2) is 0 Å². The Balaban J connectivity index is 2.65. The van der Waals surface area contributed by atoms with Gasteiger partial charge in [0, 0.05) is 6.42 Å². The van der Waals surface area contributed by atoms with Gasteiger partial charge in [-0.05, 0) is 65.0 Å². The summed E-state index contributed by atoms with van der Waals surface area (Å²) in [6.45, 7) is 19.7. The minimum absolute atomic E-state index is 0.0554. The van der Waals surface area contributed by atoms with Crippen molar-refractivity contribution < 1.29 is 5.11 Å². The van der Waals surface area contributed by atoms with Crippen molar-refractivity contribution in [3.8, 4) is 5.75 Å². The Morgan fingerprint density at radius 3 is 1.72 bits per heavy atom. The lowest BCUT2D eigenvalue weighted by Gasteiger charge is -2.28. The Morgan fingerprint density at radius 1 is 0.760 bits per heavy atom. The summed E-state index contributed by atoms with van der Waals surface area (Å²) in [7, 11) is 0. The van der Waals surface area contributed by atoms with Crippen molar-refractivity contribution in [2.75, 3.05) is 0 Å². The van der Waals surface area contributed by atoms with E-state index in [4.69, 9.17) is 0 Å². The number of phenolic OH excluding ortho intramolecular Hbond substituents is 1. The maximum atomic E-state index is 11.0. The van der Waals surface area contributed by atoms with Crippen LogP contribution in [0.15, 0.2) is 24.3 Å². The zero-order valence-corrected chi connectivity index (χ0v) is 17.5. The lowest BCUT2D eigenvalue weighted by molar-refractivity contribution is 0.439. The highest BCUT2D eigenvalue weighted by molar-refractivity contribution is 5.52. The molecular weight excluding hydrogens is 304 g/mol. The Labute approximate surface area is 154 Å². The molecule has 0 aromatic heterocycles. The van der Waals surface area contributed by atoms with Crippen molar-refractivity contribution in [1.82, 2.24) is 0 Å². The number of aromatic hydroxyl groups is 1. The number of rotatable bonds is 2. The number of benzene rings is 2. The van der Waals surface area contributed by atoms with Crippen LogP contribution in [0.25, 0.3) is 0 Å². The van der Waals surface area contributed by atoms with E-state index in [1.165, 1.54) is 27.8 Å². The van der Waals surface area contributed by atoms with Gasteiger partial charge in [-0.3, -0.25) is 0 Å². The fourth-order valence-corrected chi connectivity index (χ4v) is 3.51. The maximum Gasteiger partial charge on any atom is 0.122 e. The lowest BCUT2D eigenvalue weighted by Crippen LogP contribution is -2.17. The Kier molecular flexibility index (Phi) is 5.10. The molecule has 0 aliphatic rings. The molecule has 0 saturated heterocycles. The first kappa shape index (κ1) is 19.6. The van der Waals surface area contributed by atoms with Crippen molar-refractivity contribution in [1.29, 1.82) is 0 Å². The molecule has 0 bridgehead atoms. The van der Waals surface area contributed by atoms with E-state index in [0.29, 0.717) is 5.75 Å². The fourth-order valence-electron chi connectivity index (χ4n) is 3.51. The van der Waals surface area contributed by atoms with Gasteiger partial charge in [-0.15, -0.1) is 0 Å². The quantitative estimate of drug-likeness (QED) is 0.662. The normalized spacial score (nSPS) is 12.5. The molecule has 0 fully saturated rings. The van der Waals surface area contributed by atoms with E-state index in [2.05, 4.69) is 86.6 Å². The second-order valence-corrected chi connectivity index (χ2v) is 9.59. The molecule has 0 saturated carbocycles. The first-order valence-corrected chi connectivity index (χ1v) is 9.24. The van der Waals surface area contributed by atoms with E-state index in [9.17, 15) is 5.11 Å². The van der Waals surface area contributed by atoms with Crippen LogP contribution in [0.5, 0.6) is 5.75 Å². The Bertz CT molecular complexity index is 760. The SMILES string of the molecule is Cc1cc(C)c(Cc2cc(C(C)(C)C)cc(C(C)(C)C)c2O)c(C)c1. The van der Waals surface area contributed by atoms with Crippen molar-refractivity contribution in [3.05, 3.63) is 63.2 Å². The molecule has 1 heteroatoms. The van der Waals surface area contributed by atoms with E-state index in [0.717, 1.165) is 17.5 Å². The van der Waals surface area contributed by atoms with Gasteiger partial charge in [-0.2, -0.15) is 0 Å². The summed E-state index contributed by atoms with van der Waals surface area (Å²) in [4.78, 5) is 0. The molecule has 0 atom stereocenters. The van der Waals surface area contributed by atoms with Crippen molar-refractivity contribution in [3.63, 3.8) is 0 Å². The standard InChI is InChI=1S/C24H34O/c1-15-10-16(2)20(17(3)11-15)13-18-12-19(23(4,5)6)14-21(22(18)25)24(7,8)9/h10-12,14,25H,13H2,1-9H3. The zero-order valence-electron chi connectivity index (χ0n) is 17.5. The van der Waals surface area contributed by atoms with Crippen molar-refractivity contribution >= 4 is 0 Å². The second-order valence-electron chi connectivity index (χ2n) is 9.59. The molecule has 0 aliphatic carbocycles. The van der Waals surface area contributed by atoms with Crippen LogP contribution in [0.2, 0.25) is 0 Å². The Morgan fingerprint density at radius 2 is 1.28 bits per heavy atom. The molecule has 0 radical (unpaired) electrons. The third-order valence-corrected chi connectivity index (χ3v) is 5.07. The molecule has 136 valence electrons. The second kappa shape index (κ2) is 6.52. The summed E-state index contributed by atoms with van der Waals surface area (Å²) in [5.41, 5.74) is 8.55. The van der Waals surface area contributed by atoms with Crippen molar-refractivity contribution in [2.45, 2.75) is 79.6 Å². The van der Waals surface area contributed by atoms with Gasteiger partial charge in [0.25, 0.3) is 0 Å². The topological polar surface area (TPSA) is 20.2 Å². The minimum atomic E-state index is -0.0859. The highest BCUT2D eigenvalue weighted by Gasteiger charge is 2.25. The molecule has 0 amide bonds. The van der Waals surface area contributed by atoms with Crippen LogP contribution < -0.4 is 0 Å². The molecule has 2 aromatic carbocycles. The van der Waals surface area contributed by atoms with Crippen LogP contribution in [-0.2, 0) is 17.3 Å². The first-order valence-electron chi connectivity index (χ1n) is 9.24. The first-order chi connectivity index (χ1) is 11.3. The third kappa shape index (κ3) is 4.26. The highest BCUT2D eigenvalue weighted by atomic mass is 16.3. The molecule has 0 spiro atoms. The molecule has 0 aliphatic heterocycles. The monoisotopic (exact) mass is 338 g/mol. The molecule has 25 heavy (non-hydrogen) atoms. The average Bonchev–Trinajstić information content (AvgIpc) is 2.41. The van der Waals surface area contributed by atoms with Gasteiger partial charge >= 0.3 is 0 Å². The van der Waals surface area contributed by atoms with E-state index < -0.39 is 0 Å². The van der Waals surface area contributed by atoms with E-state index in [1.54, 1.807) is 0 Å². The molecule has 0 heterocycles. The number of phenols is 1. The summed E-state index contributed by atoms with van der Waals surface area (Å²) >= 11 is 0. The van der Waals surface area contributed by atoms with Crippen LogP contribution in [0, 0.1) is 20.8 Å². The van der Waals surface area contributed by atoms with Gasteiger partial charge in [-0.1, -0.05) is 71.4 Å². The largest absolute Gasteiger partial charge is 0.507 e. The minimum Gasteiger partial charge on any atom is -0.507 e. The molecule has 1 N–H and O–H groups in total. The summed E-state index contributed by atoms with van der Waals surface area (Å²) in [5.74, 6) is 0.458. The molecular formula is C24H34O. The van der Waals surface area contributed by atoms with Crippen LogP contribution in [0.4, 0.5) is 0 Å². The van der Waals surface area contributed by atoms with Crippen LogP contribution in [0.1, 0.15) is 80.5 Å². The predicted octanol–water partition coefficient (Wildman–Crippen LogP) is 6.50. The maximum absolute atomic E-state index is 11.0. The van der Waals surface area contributed by atoms with Gasteiger partial charge < -0.3 is 5.11 Å². The smallest absolute Gasteiger partial charge is 0.122 e. The van der Waals surface area contributed by atoms with Crippen molar-refractivity contribution in [2.24, 2.45) is 0 Å². The summed E-state index contributed by atoms with van der Waals surface area (Å²) < 4.78 is 0. The summed E-state index contributed by atoms with van der Waals surface area (Å²) in [6, 6.07) is 8.85. The molecule has 1 nitrogen and oxygen atoms in total. The highest BCUT2D eigenvalue weighted by Crippen LogP contribution is 2.39. The summed E-state index contributed by atoms with van der Waals surface area (Å²) in [6.07, 6.45) is 0.775. The molecule has 2 rings (SSSR count). The van der Waals surface area contributed by atoms with Gasteiger partial charge in [0.1, 0.15) is 5.75 Å². The van der Waals surface area contributed by atoms with E-state index in [-0.39, 0.29) is 10.8 Å². The van der Waals surface area contributed by atoms with Crippen LogP contribution >= 0.6 is 0 Å². The van der Waals surface area contributed by atoms with Crippen LogP contribution in [0.3, 0.4) is 0 Å². The average molecular weight is 339 g/mol. The summed E-state index contributed by atoms with van der Waals surface area (Å²) in [5, 5.41) is 11.0. The van der Waals surface area contributed by atoms with Gasteiger partial charge in [0.05, 0.1) is 0 Å².